The summed E-state index contributed by atoms with van der Waals surface area (Å²) >= 11 is 0. The Balaban J connectivity index is 2.73. The van der Waals surface area contributed by atoms with Gasteiger partial charge >= 0.3 is 12.1 Å². The van der Waals surface area contributed by atoms with E-state index in [1.54, 1.807) is 13.0 Å². The molecule has 1 rings (SSSR count). The lowest BCUT2D eigenvalue weighted by Gasteiger charge is -2.18. The number of carboxylic acid groups (broad SMARTS) is 1. The molecule has 2 N–H and O–H groups in total. The van der Waals surface area contributed by atoms with Crippen LogP contribution in [0.1, 0.15) is 30.9 Å². The van der Waals surface area contributed by atoms with Crippen molar-refractivity contribution in [1.29, 1.82) is 0 Å². The second-order valence-corrected chi connectivity index (χ2v) is 5.57. The summed E-state index contributed by atoms with van der Waals surface area (Å²) in [6.45, 7) is 5.04. The maximum Gasteiger partial charge on any atom is 0.416 e. The fourth-order valence-electron chi connectivity index (χ4n) is 2.18. The van der Waals surface area contributed by atoms with Crippen molar-refractivity contribution in [3.63, 3.8) is 0 Å². The molecule has 0 spiro atoms. The van der Waals surface area contributed by atoms with E-state index in [-0.39, 0.29) is 12.8 Å². The number of alkyl halides is 3. The van der Waals surface area contributed by atoms with Gasteiger partial charge in [-0.2, -0.15) is 13.2 Å². The number of nitrogens with one attached hydrogen (secondary N) is 1. The molecule has 1 aromatic rings. The van der Waals surface area contributed by atoms with Crippen molar-refractivity contribution >= 4 is 11.9 Å². The van der Waals surface area contributed by atoms with Crippen LogP contribution in [-0.4, -0.2) is 23.0 Å². The molecule has 2 unspecified atom stereocenters. The summed E-state index contributed by atoms with van der Waals surface area (Å²) in [5.74, 6) is -2.32. The SMILES string of the molecule is C=CCCC(NC(=O)C(C)Cc1cccc(C(F)(F)F)c1)C(=O)O. The molecule has 0 saturated heterocycles. The standard InChI is InChI=1S/C17H20F3NO3/c1-3-4-8-14(16(23)24)21-15(22)11(2)9-12-6-5-7-13(10-12)17(18,19)20/h3,5-7,10-11,14H,1,4,8-9H2,2H3,(H,21,22)(H,23,24). The van der Waals surface area contributed by atoms with E-state index < -0.39 is 35.6 Å². The van der Waals surface area contributed by atoms with Gasteiger partial charge < -0.3 is 10.4 Å². The van der Waals surface area contributed by atoms with Gasteiger partial charge in [-0.25, -0.2) is 4.79 Å². The Morgan fingerprint density at radius 3 is 2.58 bits per heavy atom. The molecule has 0 fully saturated rings. The molecular formula is C17H20F3NO3. The smallest absolute Gasteiger partial charge is 0.416 e. The zero-order valence-corrected chi connectivity index (χ0v) is 13.3. The lowest BCUT2D eigenvalue weighted by Crippen LogP contribution is -2.43. The van der Waals surface area contributed by atoms with E-state index in [1.807, 2.05) is 0 Å². The lowest BCUT2D eigenvalue weighted by atomic mass is 9.98. The second kappa shape index (κ2) is 8.52. The average molecular weight is 343 g/mol. The topological polar surface area (TPSA) is 66.4 Å². The van der Waals surface area contributed by atoms with Gasteiger partial charge in [-0.15, -0.1) is 6.58 Å². The number of hydrogen-bond donors (Lipinski definition) is 2. The predicted octanol–water partition coefficient (Wildman–Crippen LogP) is 3.42. The highest BCUT2D eigenvalue weighted by atomic mass is 19.4. The first-order chi connectivity index (χ1) is 11.1. The molecule has 0 aliphatic heterocycles. The Bertz CT molecular complexity index is 599. The number of rotatable bonds is 8. The van der Waals surface area contributed by atoms with E-state index in [4.69, 9.17) is 5.11 Å². The third-order valence-corrected chi connectivity index (χ3v) is 3.52. The highest BCUT2D eigenvalue weighted by molar-refractivity contribution is 5.84. The normalized spacial score (nSPS) is 13.8. The number of amides is 1. The minimum atomic E-state index is -4.44. The lowest BCUT2D eigenvalue weighted by molar-refractivity contribution is -0.142. The molecule has 0 bridgehead atoms. The van der Waals surface area contributed by atoms with E-state index in [0.717, 1.165) is 12.1 Å². The Morgan fingerprint density at radius 1 is 1.38 bits per heavy atom. The molecule has 0 radical (unpaired) electrons. The molecular weight excluding hydrogens is 323 g/mol. The van der Waals surface area contributed by atoms with Gasteiger partial charge in [0.1, 0.15) is 6.04 Å². The van der Waals surface area contributed by atoms with Gasteiger partial charge in [0.05, 0.1) is 5.56 Å². The minimum Gasteiger partial charge on any atom is -0.480 e. The van der Waals surface area contributed by atoms with E-state index in [9.17, 15) is 22.8 Å². The first-order valence-electron chi connectivity index (χ1n) is 7.45. The fourth-order valence-corrected chi connectivity index (χ4v) is 2.18. The summed E-state index contributed by atoms with van der Waals surface area (Å²) in [5.41, 5.74) is -0.410. The van der Waals surface area contributed by atoms with Crippen molar-refractivity contribution in [1.82, 2.24) is 5.32 Å². The first kappa shape index (κ1) is 19.7. The van der Waals surface area contributed by atoms with Crippen molar-refractivity contribution in [2.45, 2.75) is 38.4 Å². The number of halogens is 3. The van der Waals surface area contributed by atoms with Crippen LogP contribution in [-0.2, 0) is 22.2 Å². The Morgan fingerprint density at radius 2 is 2.04 bits per heavy atom. The number of carboxylic acids is 1. The van der Waals surface area contributed by atoms with E-state index in [0.29, 0.717) is 12.0 Å². The van der Waals surface area contributed by atoms with Crippen LogP contribution in [0, 0.1) is 5.92 Å². The molecule has 0 saturated carbocycles. The van der Waals surface area contributed by atoms with Crippen molar-refractivity contribution in [2.75, 3.05) is 0 Å². The van der Waals surface area contributed by atoms with Crippen molar-refractivity contribution < 1.29 is 27.9 Å². The van der Waals surface area contributed by atoms with E-state index >= 15 is 0 Å². The quantitative estimate of drug-likeness (QED) is 0.711. The van der Waals surface area contributed by atoms with Crippen molar-refractivity contribution in [3.05, 3.63) is 48.0 Å². The molecule has 132 valence electrons. The van der Waals surface area contributed by atoms with Gasteiger partial charge in [-0.1, -0.05) is 31.2 Å². The number of aliphatic carboxylic acids is 1. The summed E-state index contributed by atoms with van der Waals surface area (Å²) in [5, 5.41) is 11.5. The second-order valence-electron chi connectivity index (χ2n) is 5.57. The molecule has 7 heteroatoms. The Kier molecular flexibility index (Phi) is 7.00. The largest absolute Gasteiger partial charge is 0.480 e. The molecule has 0 aliphatic rings. The third kappa shape index (κ3) is 6.06. The monoisotopic (exact) mass is 343 g/mol. The van der Waals surface area contributed by atoms with Crippen molar-refractivity contribution in [2.24, 2.45) is 5.92 Å². The van der Waals surface area contributed by atoms with Gasteiger partial charge in [-0.05, 0) is 30.9 Å². The van der Waals surface area contributed by atoms with Gasteiger partial charge in [0.15, 0.2) is 0 Å². The Hall–Kier alpha value is -2.31. The third-order valence-electron chi connectivity index (χ3n) is 3.52. The maximum atomic E-state index is 12.7. The highest BCUT2D eigenvalue weighted by Gasteiger charge is 2.30. The van der Waals surface area contributed by atoms with Gasteiger partial charge in [0.25, 0.3) is 0 Å². The minimum absolute atomic E-state index is 0.0869. The van der Waals surface area contributed by atoms with Crippen LogP contribution in [0.25, 0.3) is 0 Å². The van der Waals surface area contributed by atoms with Gasteiger partial charge in [0, 0.05) is 5.92 Å². The molecule has 1 amide bonds. The number of carbonyl (C=O) groups excluding carboxylic acids is 1. The van der Waals surface area contributed by atoms with Crippen LogP contribution < -0.4 is 5.32 Å². The number of allylic oxidation sites excluding steroid dienone is 1. The summed E-state index contributed by atoms with van der Waals surface area (Å²) in [7, 11) is 0. The highest BCUT2D eigenvalue weighted by Crippen LogP contribution is 2.30. The fraction of sp³-hybridized carbons (Fsp3) is 0.412. The van der Waals surface area contributed by atoms with Crippen LogP contribution >= 0.6 is 0 Å². The molecule has 0 heterocycles. The summed E-state index contributed by atoms with van der Waals surface area (Å²) in [6.07, 6.45) is -2.17. The molecule has 0 aromatic heterocycles. The summed E-state index contributed by atoms with van der Waals surface area (Å²) < 4.78 is 38.1. The number of carbonyl (C=O) groups is 2. The van der Waals surface area contributed by atoms with Gasteiger partial charge in [-0.3, -0.25) is 4.79 Å². The number of hydrogen-bond acceptors (Lipinski definition) is 2. The zero-order chi connectivity index (χ0) is 18.3. The Labute approximate surface area is 138 Å². The molecule has 0 aliphatic carbocycles. The summed E-state index contributed by atoms with van der Waals surface area (Å²) in [4.78, 5) is 23.2. The predicted molar refractivity (Wildman–Crippen MR) is 83.3 cm³/mol. The van der Waals surface area contributed by atoms with Crippen LogP contribution in [0.4, 0.5) is 13.2 Å². The summed E-state index contributed by atoms with van der Waals surface area (Å²) in [6, 6.07) is 3.71. The molecule has 24 heavy (non-hydrogen) atoms. The molecule has 2 atom stereocenters. The molecule has 1 aromatic carbocycles. The van der Waals surface area contributed by atoms with E-state index in [2.05, 4.69) is 11.9 Å². The number of benzene rings is 1. The van der Waals surface area contributed by atoms with Crippen LogP contribution in [0.2, 0.25) is 0 Å². The van der Waals surface area contributed by atoms with Crippen LogP contribution in [0.5, 0.6) is 0 Å². The molecule has 4 nitrogen and oxygen atoms in total. The van der Waals surface area contributed by atoms with E-state index in [1.165, 1.54) is 12.1 Å². The van der Waals surface area contributed by atoms with Crippen LogP contribution in [0.15, 0.2) is 36.9 Å². The first-order valence-corrected chi connectivity index (χ1v) is 7.45. The van der Waals surface area contributed by atoms with Crippen molar-refractivity contribution in [3.8, 4) is 0 Å². The maximum absolute atomic E-state index is 12.7. The van der Waals surface area contributed by atoms with Gasteiger partial charge in [0.2, 0.25) is 5.91 Å². The van der Waals surface area contributed by atoms with Crippen LogP contribution in [0.3, 0.4) is 0 Å². The zero-order valence-electron chi connectivity index (χ0n) is 13.3. The average Bonchev–Trinajstić information content (AvgIpc) is 2.50.